The number of nitriles is 1. The fourth-order valence-electron chi connectivity index (χ4n) is 2.17. The highest BCUT2D eigenvalue weighted by Gasteiger charge is 2.01. The number of anilines is 1. The average molecular weight is 259 g/mol. The van der Waals surface area contributed by atoms with Crippen molar-refractivity contribution in [3.8, 4) is 6.07 Å². The summed E-state index contributed by atoms with van der Waals surface area (Å²) in [4.78, 5) is 4.44. The first-order valence-corrected chi connectivity index (χ1v) is 6.43. The second-order valence-electron chi connectivity index (χ2n) is 4.53. The molecular formula is C17H13N3. The quantitative estimate of drug-likeness (QED) is 0.779. The smallest absolute Gasteiger partial charge is 0.0991 e. The van der Waals surface area contributed by atoms with Crippen molar-refractivity contribution >= 4 is 16.6 Å². The fraction of sp³-hybridized carbons (Fsp3) is 0.0588. The molecule has 3 nitrogen and oxygen atoms in total. The third kappa shape index (κ3) is 2.45. The summed E-state index contributed by atoms with van der Waals surface area (Å²) in [5.74, 6) is 0. The Labute approximate surface area is 117 Å². The van der Waals surface area contributed by atoms with E-state index >= 15 is 0 Å². The van der Waals surface area contributed by atoms with E-state index in [-0.39, 0.29) is 0 Å². The van der Waals surface area contributed by atoms with E-state index in [0.717, 1.165) is 22.2 Å². The van der Waals surface area contributed by atoms with Gasteiger partial charge in [-0.05, 0) is 35.9 Å². The Morgan fingerprint density at radius 1 is 1.00 bits per heavy atom. The molecule has 0 spiro atoms. The van der Waals surface area contributed by atoms with E-state index in [1.807, 2.05) is 42.6 Å². The predicted molar refractivity (Wildman–Crippen MR) is 80.2 cm³/mol. The molecule has 0 aliphatic carbocycles. The molecule has 0 aliphatic heterocycles. The third-order valence-electron chi connectivity index (χ3n) is 3.21. The van der Waals surface area contributed by atoms with Gasteiger partial charge in [-0.15, -0.1) is 0 Å². The first kappa shape index (κ1) is 12.2. The largest absolute Gasteiger partial charge is 0.381 e. The van der Waals surface area contributed by atoms with Gasteiger partial charge in [-0.3, -0.25) is 4.98 Å². The number of fused-ring (bicyclic) bond motifs is 1. The molecule has 3 aromatic rings. The van der Waals surface area contributed by atoms with Crippen LogP contribution in [0.15, 0.2) is 60.8 Å². The molecule has 0 amide bonds. The minimum atomic E-state index is 0.669. The van der Waals surface area contributed by atoms with E-state index in [2.05, 4.69) is 34.6 Å². The molecule has 0 atom stereocenters. The Kier molecular flexibility index (Phi) is 3.30. The van der Waals surface area contributed by atoms with Crippen LogP contribution in [0.4, 0.5) is 5.69 Å². The third-order valence-corrected chi connectivity index (χ3v) is 3.21. The van der Waals surface area contributed by atoms with Crippen molar-refractivity contribution in [2.45, 2.75) is 6.54 Å². The fourth-order valence-corrected chi connectivity index (χ4v) is 2.17. The molecule has 96 valence electrons. The van der Waals surface area contributed by atoms with Gasteiger partial charge in [-0.1, -0.05) is 24.3 Å². The molecule has 0 aliphatic rings. The maximum atomic E-state index is 8.78. The van der Waals surface area contributed by atoms with Gasteiger partial charge in [-0.25, -0.2) is 0 Å². The van der Waals surface area contributed by atoms with Crippen LogP contribution in [-0.2, 0) is 6.54 Å². The Morgan fingerprint density at radius 3 is 2.60 bits per heavy atom. The maximum absolute atomic E-state index is 8.78. The van der Waals surface area contributed by atoms with E-state index < -0.39 is 0 Å². The molecular weight excluding hydrogens is 246 g/mol. The number of benzene rings is 2. The summed E-state index contributed by atoms with van der Waals surface area (Å²) >= 11 is 0. The molecule has 0 saturated heterocycles. The van der Waals surface area contributed by atoms with Gasteiger partial charge in [0.25, 0.3) is 0 Å². The summed E-state index contributed by atoms with van der Waals surface area (Å²) in [7, 11) is 0. The number of nitrogens with one attached hydrogen (secondary N) is 1. The Balaban J connectivity index is 1.81. The molecule has 1 aromatic heterocycles. The minimum Gasteiger partial charge on any atom is -0.381 e. The number of aromatic nitrogens is 1. The molecule has 3 heteroatoms. The van der Waals surface area contributed by atoms with Crippen LogP contribution >= 0.6 is 0 Å². The number of rotatable bonds is 3. The van der Waals surface area contributed by atoms with Gasteiger partial charge in [0.15, 0.2) is 0 Å². The van der Waals surface area contributed by atoms with Crippen LogP contribution in [0.5, 0.6) is 0 Å². The minimum absolute atomic E-state index is 0.669. The summed E-state index contributed by atoms with van der Waals surface area (Å²) in [5.41, 5.74) is 3.85. The first-order chi connectivity index (χ1) is 9.86. The zero-order valence-electron chi connectivity index (χ0n) is 10.9. The van der Waals surface area contributed by atoms with Crippen molar-refractivity contribution in [3.63, 3.8) is 0 Å². The Bertz CT molecular complexity index is 765. The lowest BCUT2D eigenvalue weighted by Gasteiger charge is -2.08. The van der Waals surface area contributed by atoms with E-state index in [0.29, 0.717) is 12.1 Å². The van der Waals surface area contributed by atoms with Crippen LogP contribution in [0.3, 0.4) is 0 Å². The molecule has 0 bridgehead atoms. The Morgan fingerprint density at radius 2 is 1.80 bits per heavy atom. The van der Waals surface area contributed by atoms with E-state index in [1.54, 1.807) is 0 Å². The summed E-state index contributed by atoms with van der Waals surface area (Å²) < 4.78 is 0. The SMILES string of the molecule is N#Cc1ccc(NCc2cccc3cccnc23)cc1. The van der Waals surface area contributed by atoms with E-state index in [4.69, 9.17) is 5.26 Å². The van der Waals surface area contributed by atoms with Crippen LogP contribution in [0.2, 0.25) is 0 Å². The van der Waals surface area contributed by atoms with Gasteiger partial charge >= 0.3 is 0 Å². The van der Waals surface area contributed by atoms with Crippen LogP contribution in [-0.4, -0.2) is 4.98 Å². The second-order valence-corrected chi connectivity index (χ2v) is 4.53. The van der Waals surface area contributed by atoms with Gasteiger partial charge in [0.1, 0.15) is 0 Å². The molecule has 3 rings (SSSR count). The number of pyridine rings is 1. The van der Waals surface area contributed by atoms with E-state index in [1.165, 1.54) is 0 Å². The molecule has 1 N–H and O–H groups in total. The monoisotopic (exact) mass is 259 g/mol. The van der Waals surface area contributed by atoms with E-state index in [9.17, 15) is 0 Å². The average Bonchev–Trinajstić information content (AvgIpc) is 2.53. The van der Waals surface area contributed by atoms with Gasteiger partial charge in [0.2, 0.25) is 0 Å². The summed E-state index contributed by atoms with van der Waals surface area (Å²) in [6.07, 6.45) is 1.81. The first-order valence-electron chi connectivity index (χ1n) is 6.43. The number of hydrogen-bond acceptors (Lipinski definition) is 3. The van der Waals surface area contributed by atoms with Crippen molar-refractivity contribution in [2.24, 2.45) is 0 Å². The van der Waals surface area contributed by atoms with Crippen molar-refractivity contribution in [3.05, 3.63) is 71.9 Å². The molecule has 2 aromatic carbocycles. The lowest BCUT2D eigenvalue weighted by Crippen LogP contribution is -2.00. The highest BCUT2D eigenvalue weighted by molar-refractivity contribution is 5.81. The van der Waals surface area contributed by atoms with Crippen molar-refractivity contribution < 1.29 is 0 Å². The van der Waals surface area contributed by atoms with Crippen molar-refractivity contribution in [2.75, 3.05) is 5.32 Å². The summed E-state index contributed by atoms with van der Waals surface area (Å²) in [6.45, 7) is 0.709. The van der Waals surface area contributed by atoms with Crippen LogP contribution in [0.25, 0.3) is 10.9 Å². The predicted octanol–water partition coefficient (Wildman–Crippen LogP) is 3.72. The summed E-state index contributed by atoms with van der Waals surface area (Å²) in [6, 6.07) is 19.7. The molecule has 0 radical (unpaired) electrons. The maximum Gasteiger partial charge on any atom is 0.0991 e. The topological polar surface area (TPSA) is 48.7 Å². The van der Waals surface area contributed by atoms with Crippen LogP contribution in [0.1, 0.15) is 11.1 Å². The number of hydrogen-bond donors (Lipinski definition) is 1. The van der Waals surface area contributed by atoms with Gasteiger partial charge < -0.3 is 5.32 Å². The zero-order chi connectivity index (χ0) is 13.8. The van der Waals surface area contributed by atoms with Crippen molar-refractivity contribution in [1.82, 2.24) is 4.98 Å². The molecule has 20 heavy (non-hydrogen) atoms. The molecule has 0 fully saturated rings. The van der Waals surface area contributed by atoms with Gasteiger partial charge in [-0.2, -0.15) is 5.26 Å². The molecule has 0 saturated carbocycles. The second kappa shape index (κ2) is 5.41. The van der Waals surface area contributed by atoms with Gasteiger partial charge in [0.05, 0.1) is 17.1 Å². The van der Waals surface area contributed by atoms with Crippen molar-refractivity contribution in [1.29, 1.82) is 5.26 Å². The highest BCUT2D eigenvalue weighted by Crippen LogP contribution is 2.17. The summed E-state index contributed by atoms with van der Waals surface area (Å²) in [5, 5.41) is 13.3. The molecule has 0 unspecified atom stereocenters. The lowest BCUT2D eigenvalue weighted by atomic mass is 10.1. The van der Waals surface area contributed by atoms with Crippen LogP contribution in [0, 0.1) is 11.3 Å². The number of nitrogens with zero attached hydrogens (tertiary/aromatic N) is 2. The lowest BCUT2D eigenvalue weighted by molar-refractivity contribution is 1.15. The Hall–Kier alpha value is -2.86. The zero-order valence-corrected chi connectivity index (χ0v) is 10.9. The number of para-hydroxylation sites is 1. The highest BCUT2D eigenvalue weighted by atomic mass is 14.9. The van der Waals surface area contributed by atoms with Gasteiger partial charge in [0, 0.05) is 23.8 Å². The standard InChI is InChI=1S/C17H13N3/c18-11-13-6-8-16(9-7-13)20-12-15-4-1-3-14-5-2-10-19-17(14)15/h1-10,20H,12H2. The normalized spacial score (nSPS) is 10.2. The molecule has 1 heterocycles. The van der Waals surface area contributed by atoms with Crippen LogP contribution < -0.4 is 5.32 Å².